The van der Waals surface area contributed by atoms with Crippen LogP contribution in [-0.4, -0.2) is 103 Å². The molecule has 2 heterocycles. The smallest absolute Gasteiger partial charge is 0.399 e. The summed E-state index contributed by atoms with van der Waals surface area (Å²) < 4.78 is 58.5. The molecule has 0 spiro atoms. The van der Waals surface area contributed by atoms with E-state index in [1.165, 1.54) is 64.5 Å². The molecule has 0 aliphatic carbocycles. The van der Waals surface area contributed by atoms with E-state index in [2.05, 4.69) is 84.9 Å². The minimum absolute atomic E-state index is 0. The van der Waals surface area contributed by atoms with Gasteiger partial charge in [0.15, 0.2) is 0 Å². The zero-order valence-corrected chi connectivity index (χ0v) is 26.4. The van der Waals surface area contributed by atoms with Gasteiger partial charge in [-0.1, -0.05) is 104 Å². The highest BCUT2D eigenvalue weighted by atomic mass is 35.5. The van der Waals surface area contributed by atoms with Crippen LogP contribution in [0, 0.1) is 0 Å². The van der Waals surface area contributed by atoms with E-state index in [9.17, 15) is 21.4 Å². The van der Waals surface area contributed by atoms with E-state index in [4.69, 9.17) is 0 Å². The maximum absolute atomic E-state index is 9.92. The second-order valence-corrected chi connectivity index (χ2v) is 11.1. The van der Waals surface area contributed by atoms with Gasteiger partial charge in [-0.05, 0) is 12.8 Å². The lowest BCUT2D eigenvalue weighted by Gasteiger charge is -2.17. The van der Waals surface area contributed by atoms with E-state index in [1.807, 2.05) is 0 Å². The summed E-state index contributed by atoms with van der Waals surface area (Å²) >= 11 is 0. The van der Waals surface area contributed by atoms with E-state index in [1.54, 1.807) is 0 Å². The fraction of sp³-hybridized carbons (Fsp3) is 0.867. The van der Waals surface area contributed by atoms with E-state index in [-0.39, 0.29) is 64.4 Å². The topological polar surface area (TPSA) is 132 Å². The summed E-state index contributed by atoms with van der Waals surface area (Å²) in [4.78, 5) is 9.16. The molecule has 0 aromatic heterocycles. The highest BCUT2D eigenvalue weighted by Gasteiger charge is 2.07. The summed E-state index contributed by atoms with van der Waals surface area (Å²) in [6.45, 7) is 9.10. The average Bonchev–Trinajstić information content (AvgIpc) is 3.47. The van der Waals surface area contributed by atoms with E-state index < -0.39 is 20.8 Å². The molecule has 2 aliphatic rings. The highest BCUT2D eigenvalue weighted by Crippen LogP contribution is 2.08. The molecule has 0 atom stereocenters. The van der Waals surface area contributed by atoms with Crippen LogP contribution in [0.5, 0.6) is 0 Å². The molecular weight excluding hydrogens is 644 g/mol. The second-order valence-electron chi connectivity index (χ2n) is 8.46. The lowest BCUT2D eigenvalue weighted by molar-refractivity contribution is -0.0000215. The summed E-state index contributed by atoms with van der Waals surface area (Å²) in [5.74, 6) is 0. The standard InChI is InChI=1S/2C10H20N2.C2H6O4S.CH4O4S.7CH4.ClH/c2*1-3-4-5-6-7-12-9-8-11(2)10-12;1-5-7(3,4)6-2;1-5-6(2,3)4;;;;;;;;/h2*8-9H,3-7,10H2,1-2H3;1-2H3;1H3,(H,2,3,4);7*1H4;1H/p-2. The van der Waals surface area contributed by atoms with Crippen LogP contribution >= 0.6 is 0 Å². The number of unbranched alkanes of at least 4 members (excludes halogenated alkanes) is 6. The quantitative estimate of drug-likeness (QED) is 0.150. The molecule has 0 amide bonds. The van der Waals surface area contributed by atoms with Gasteiger partial charge in [0, 0.05) is 52.0 Å². The van der Waals surface area contributed by atoms with Crippen LogP contribution in [0.15, 0.2) is 24.8 Å². The Morgan fingerprint density at radius 1 is 0.578 bits per heavy atom. The fourth-order valence-corrected chi connectivity index (χ4v) is 3.16. The van der Waals surface area contributed by atoms with Gasteiger partial charge >= 0.3 is 10.4 Å². The average molecular weight is 722 g/mol. The molecule has 0 aromatic carbocycles. The molecule has 0 radical (unpaired) electrons. The Bertz CT molecular complexity index is 775. The molecule has 0 unspecified atom stereocenters. The van der Waals surface area contributed by atoms with Crippen molar-refractivity contribution in [3.63, 3.8) is 0 Å². The summed E-state index contributed by atoms with van der Waals surface area (Å²) in [7, 11) is -0.981. The van der Waals surface area contributed by atoms with Crippen molar-refractivity contribution >= 4 is 20.8 Å². The third kappa shape index (κ3) is 49.8. The first-order valence-corrected chi connectivity index (χ1v) is 15.1. The molecule has 286 valence electrons. The molecule has 2 rings (SSSR count). The lowest BCUT2D eigenvalue weighted by Crippen LogP contribution is -3.00. The summed E-state index contributed by atoms with van der Waals surface area (Å²) in [6, 6.07) is 0. The summed E-state index contributed by atoms with van der Waals surface area (Å²) in [6.07, 6.45) is 19.5. The van der Waals surface area contributed by atoms with Crippen molar-refractivity contribution < 1.29 is 46.3 Å². The van der Waals surface area contributed by atoms with Gasteiger partial charge in [0.25, 0.3) is 0 Å². The van der Waals surface area contributed by atoms with E-state index in [0.29, 0.717) is 0 Å². The minimum atomic E-state index is -4.41. The Kier molecular flexibility index (Phi) is 66.6. The number of halogens is 1. The molecule has 15 heteroatoms. The Hall–Kier alpha value is -1.29. The van der Waals surface area contributed by atoms with Crippen LogP contribution in [-0.2, 0) is 33.3 Å². The molecular formula is C30H77ClN4O8S2-2. The Labute approximate surface area is 289 Å². The predicted octanol–water partition coefficient (Wildman–Crippen LogP) is 4.56. The Morgan fingerprint density at radius 2 is 0.867 bits per heavy atom. The minimum Gasteiger partial charge on any atom is -1.00 e. The Balaban J connectivity index is -0.0000000443. The number of hydrogen-bond donors (Lipinski definition) is 0. The van der Waals surface area contributed by atoms with Gasteiger partial charge in [-0.15, -0.1) is 0 Å². The van der Waals surface area contributed by atoms with Crippen molar-refractivity contribution in [1.29, 1.82) is 0 Å². The zero-order chi connectivity index (χ0) is 28.7. The monoisotopic (exact) mass is 720 g/mol. The lowest BCUT2D eigenvalue weighted by atomic mass is 10.2. The van der Waals surface area contributed by atoms with Crippen LogP contribution in [0.1, 0.15) is 117 Å². The van der Waals surface area contributed by atoms with Gasteiger partial charge in [0.2, 0.25) is 10.4 Å². The maximum Gasteiger partial charge on any atom is 0.399 e. The third-order valence-corrected chi connectivity index (χ3v) is 6.31. The largest absolute Gasteiger partial charge is 1.00 e. The predicted molar refractivity (Wildman–Crippen MR) is 192 cm³/mol. The normalized spacial score (nSPS) is 12.0. The summed E-state index contributed by atoms with van der Waals surface area (Å²) in [5.41, 5.74) is 0. The van der Waals surface area contributed by atoms with Crippen molar-refractivity contribution in [3.8, 4) is 0 Å². The first kappa shape index (κ1) is 70.2. The molecule has 0 N–H and O–H groups in total. The van der Waals surface area contributed by atoms with E-state index >= 15 is 0 Å². The van der Waals surface area contributed by atoms with Crippen LogP contribution in [0.25, 0.3) is 0 Å². The van der Waals surface area contributed by atoms with Gasteiger partial charge in [0.05, 0.1) is 34.7 Å². The number of nitrogens with zero attached hydrogens (tertiary/aromatic N) is 4. The van der Waals surface area contributed by atoms with Crippen molar-refractivity contribution in [1.82, 2.24) is 19.6 Å². The van der Waals surface area contributed by atoms with Crippen LogP contribution in [0.3, 0.4) is 0 Å². The Morgan fingerprint density at radius 3 is 1.02 bits per heavy atom. The zero-order valence-electron chi connectivity index (χ0n) is 24.0. The van der Waals surface area contributed by atoms with Gasteiger partial charge in [-0.2, -0.15) is 8.42 Å². The molecule has 0 saturated carbocycles. The van der Waals surface area contributed by atoms with Crippen LogP contribution < -0.4 is 12.4 Å². The molecule has 12 nitrogen and oxygen atoms in total. The van der Waals surface area contributed by atoms with E-state index in [0.717, 1.165) is 34.7 Å². The van der Waals surface area contributed by atoms with Crippen molar-refractivity contribution in [2.45, 2.75) is 117 Å². The van der Waals surface area contributed by atoms with Gasteiger partial charge < -0.3 is 36.6 Å². The third-order valence-electron chi connectivity index (χ3n) is 5.08. The first-order valence-electron chi connectivity index (χ1n) is 12.5. The SMILES string of the molecule is C.C.C.C.C.C.C.CCCCCCN1C=CN(C)C1.CCCCCCN1C=CN(C)C1.COS(=O)(=O)OC.COS(=O)(=O)[O-].[Cl-]. The highest BCUT2D eigenvalue weighted by molar-refractivity contribution is 7.81. The molecule has 0 saturated heterocycles. The van der Waals surface area contributed by atoms with Crippen LogP contribution in [0.4, 0.5) is 0 Å². The number of hydrogen-bond acceptors (Lipinski definition) is 12. The molecule has 45 heavy (non-hydrogen) atoms. The van der Waals surface area contributed by atoms with Crippen molar-refractivity contribution in [2.24, 2.45) is 0 Å². The van der Waals surface area contributed by atoms with Gasteiger partial charge in [0.1, 0.15) is 0 Å². The summed E-state index contributed by atoms with van der Waals surface area (Å²) in [5, 5.41) is 0. The fourth-order valence-electron chi connectivity index (χ4n) is 3.02. The van der Waals surface area contributed by atoms with Crippen LogP contribution in [0.2, 0.25) is 0 Å². The number of rotatable bonds is 13. The molecule has 2 aliphatic heterocycles. The van der Waals surface area contributed by atoms with Gasteiger partial charge in [-0.25, -0.2) is 8.42 Å². The molecule has 0 bridgehead atoms. The first-order chi connectivity index (χ1) is 17.3. The second kappa shape index (κ2) is 42.7. The van der Waals surface area contributed by atoms with Crippen molar-refractivity contribution in [3.05, 3.63) is 24.8 Å². The van der Waals surface area contributed by atoms with Crippen molar-refractivity contribution in [2.75, 3.05) is 61.9 Å². The molecule has 0 aromatic rings. The maximum atomic E-state index is 9.92. The van der Waals surface area contributed by atoms with Gasteiger partial charge in [-0.3, -0.25) is 12.5 Å². The molecule has 0 fully saturated rings.